The van der Waals surface area contributed by atoms with Gasteiger partial charge < -0.3 is 9.47 Å². The van der Waals surface area contributed by atoms with Crippen LogP contribution in [0.1, 0.15) is 87.3 Å². The maximum atomic E-state index is 15.3. The predicted octanol–water partition coefficient (Wildman–Crippen LogP) is 8.38. The van der Waals surface area contributed by atoms with Crippen LogP contribution in [-0.2, 0) is 9.47 Å². The molecule has 2 aromatic carbocycles. The van der Waals surface area contributed by atoms with Gasteiger partial charge in [0.05, 0.1) is 24.4 Å². The Bertz CT molecular complexity index is 912. The summed E-state index contributed by atoms with van der Waals surface area (Å²) in [4.78, 5) is 0. The Morgan fingerprint density at radius 1 is 0.971 bits per heavy atom. The minimum absolute atomic E-state index is 0.166. The van der Waals surface area contributed by atoms with Crippen LogP contribution >= 0.6 is 0 Å². The van der Waals surface area contributed by atoms with Crippen molar-refractivity contribution in [2.75, 3.05) is 13.2 Å². The van der Waals surface area contributed by atoms with E-state index in [0.29, 0.717) is 29.8 Å². The second-order valence-corrected chi connectivity index (χ2v) is 10.0. The molecular formula is C29H37F3O2. The van der Waals surface area contributed by atoms with Crippen LogP contribution in [0.4, 0.5) is 13.2 Å². The second-order valence-electron chi connectivity index (χ2n) is 10.0. The number of hydrogen-bond acceptors (Lipinski definition) is 2. The first-order chi connectivity index (χ1) is 16.5. The van der Waals surface area contributed by atoms with E-state index >= 15 is 4.39 Å². The summed E-state index contributed by atoms with van der Waals surface area (Å²) in [6.07, 6.45) is 5.84. The minimum atomic E-state index is -2.86. The molecule has 0 N–H and O–H groups in total. The van der Waals surface area contributed by atoms with Gasteiger partial charge in [-0.3, -0.25) is 0 Å². The molecule has 1 aliphatic heterocycles. The second kappa shape index (κ2) is 11.7. The van der Waals surface area contributed by atoms with Crippen LogP contribution in [0.2, 0.25) is 0 Å². The number of hydrogen-bond donors (Lipinski definition) is 0. The highest BCUT2D eigenvalue weighted by Crippen LogP contribution is 2.41. The molecule has 1 saturated carbocycles. The van der Waals surface area contributed by atoms with Crippen molar-refractivity contribution >= 4 is 0 Å². The molecule has 186 valence electrons. The van der Waals surface area contributed by atoms with Crippen molar-refractivity contribution in [3.8, 4) is 11.1 Å². The lowest BCUT2D eigenvalue weighted by Crippen LogP contribution is -2.35. The van der Waals surface area contributed by atoms with Crippen molar-refractivity contribution < 1.29 is 22.6 Å². The molecule has 2 atom stereocenters. The van der Waals surface area contributed by atoms with Crippen molar-refractivity contribution in [1.82, 2.24) is 0 Å². The van der Waals surface area contributed by atoms with E-state index in [1.807, 2.05) is 19.1 Å². The van der Waals surface area contributed by atoms with Crippen LogP contribution in [0.25, 0.3) is 11.1 Å². The van der Waals surface area contributed by atoms with Gasteiger partial charge in [-0.15, -0.1) is 0 Å². The average molecular weight is 475 g/mol. The normalized spacial score (nSPS) is 25.6. The van der Waals surface area contributed by atoms with Crippen LogP contribution in [0, 0.1) is 18.7 Å². The van der Waals surface area contributed by atoms with Crippen LogP contribution in [0.15, 0.2) is 36.4 Å². The molecule has 0 bridgehead atoms. The molecule has 0 radical (unpaired) electrons. The summed E-state index contributed by atoms with van der Waals surface area (Å²) >= 11 is 0. The number of aryl methyl sites for hydroxylation is 1. The fourth-order valence-electron chi connectivity index (χ4n) is 5.55. The first kappa shape index (κ1) is 25.2. The van der Waals surface area contributed by atoms with E-state index in [-0.39, 0.29) is 17.6 Å². The smallest absolute Gasteiger partial charge is 0.266 e. The first-order valence-electron chi connectivity index (χ1n) is 12.9. The zero-order chi connectivity index (χ0) is 24.1. The molecule has 2 unspecified atom stereocenters. The molecule has 2 fully saturated rings. The third-order valence-corrected chi connectivity index (χ3v) is 7.64. The lowest BCUT2D eigenvalue weighted by molar-refractivity contribution is -0.0589. The van der Waals surface area contributed by atoms with Crippen molar-refractivity contribution in [2.24, 2.45) is 5.92 Å². The van der Waals surface area contributed by atoms with E-state index in [4.69, 9.17) is 9.47 Å². The van der Waals surface area contributed by atoms with Gasteiger partial charge in [0.2, 0.25) is 0 Å². The fourth-order valence-corrected chi connectivity index (χ4v) is 5.55. The Kier molecular flexibility index (Phi) is 8.70. The monoisotopic (exact) mass is 474 g/mol. The first-order valence-corrected chi connectivity index (χ1v) is 12.9. The molecular weight excluding hydrogens is 437 g/mol. The van der Waals surface area contributed by atoms with Crippen LogP contribution in [-0.4, -0.2) is 25.4 Å². The van der Waals surface area contributed by atoms with Crippen molar-refractivity contribution in [1.29, 1.82) is 0 Å². The summed E-state index contributed by atoms with van der Waals surface area (Å²) in [7, 11) is 0. The molecule has 0 aromatic heterocycles. The number of rotatable bonds is 8. The van der Waals surface area contributed by atoms with Gasteiger partial charge >= 0.3 is 0 Å². The van der Waals surface area contributed by atoms with Gasteiger partial charge in [0.15, 0.2) is 0 Å². The molecule has 1 saturated heterocycles. The zero-order valence-electron chi connectivity index (χ0n) is 20.4. The van der Waals surface area contributed by atoms with Crippen molar-refractivity contribution in [2.45, 2.75) is 89.8 Å². The molecule has 5 heteroatoms. The van der Waals surface area contributed by atoms with E-state index in [0.717, 1.165) is 63.5 Å². The Balaban J connectivity index is 1.39. The number of benzene rings is 2. The van der Waals surface area contributed by atoms with E-state index in [1.165, 1.54) is 0 Å². The van der Waals surface area contributed by atoms with Gasteiger partial charge in [-0.05, 0) is 68.9 Å². The maximum absolute atomic E-state index is 15.3. The molecule has 0 spiro atoms. The van der Waals surface area contributed by atoms with E-state index < -0.39 is 17.8 Å². The summed E-state index contributed by atoms with van der Waals surface area (Å²) in [6.45, 7) is 5.34. The van der Waals surface area contributed by atoms with E-state index in [2.05, 4.69) is 6.92 Å². The Morgan fingerprint density at radius 2 is 1.71 bits per heavy atom. The fraction of sp³-hybridized carbons (Fsp3) is 0.586. The third-order valence-electron chi connectivity index (χ3n) is 7.64. The molecule has 1 aliphatic carbocycles. The molecule has 1 heterocycles. The highest BCUT2D eigenvalue weighted by Gasteiger charge is 2.34. The van der Waals surface area contributed by atoms with Gasteiger partial charge in [0.1, 0.15) is 5.82 Å². The summed E-state index contributed by atoms with van der Waals surface area (Å²) in [5.74, 6) is -0.502. The maximum Gasteiger partial charge on any atom is 0.266 e. The SMILES string of the molecule is CCCCOC1CCC(C2CCC(c3ccc(-c4ccc(C)cc4)c(F)c3C(F)F)CO2)CC1. The Hall–Kier alpha value is -1.85. The highest BCUT2D eigenvalue weighted by atomic mass is 19.3. The lowest BCUT2D eigenvalue weighted by atomic mass is 9.79. The molecule has 2 nitrogen and oxygen atoms in total. The molecule has 2 aromatic rings. The Labute approximate surface area is 201 Å². The van der Waals surface area contributed by atoms with Crippen LogP contribution in [0.3, 0.4) is 0 Å². The molecule has 2 aliphatic rings. The standard InChI is InChI=1S/C29H37F3O2/c1-3-4-17-33-23-12-9-21(10-13-23)26-16-11-22(18-34-26)24-14-15-25(28(30)27(24)29(31)32)20-7-5-19(2)6-8-20/h5-8,14-15,21-23,26,29H,3-4,9-13,16-18H2,1-2H3. The molecule has 34 heavy (non-hydrogen) atoms. The Morgan fingerprint density at radius 3 is 2.32 bits per heavy atom. The van der Waals surface area contributed by atoms with Crippen LogP contribution in [0.5, 0.6) is 0 Å². The lowest BCUT2D eigenvalue weighted by Gasteiger charge is -2.38. The summed E-state index contributed by atoms with van der Waals surface area (Å²) in [5.41, 5.74) is 1.82. The third kappa shape index (κ3) is 5.85. The van der Waals surface area contributed by atoms with Crippen molar-refractivity contribution in [3.63, 3.8) is 0 Å². The van der Waals surface area contributed by atoms with E-state index in [9.17, 15) is 8.78 Å². The highest BCUT2D eigenvalue weighted by molar-refractivity contribution is 5.66. The van der Waals surface area contributed by atoms with Gasteiger partial charge in [0, 0.05) is 18.1 Å². The van der Waals surface area contributed by atoms with Crippen LogP contribution < -0.4 is 0 Å². The molecule has 4 rings (SSSR count). The average Bonchev–Trinajstić information content (AvgIpc) is 2.85. The number of alkyl halides is 2. The zero-order valence-corrected chi connectivity index (χ0v) is 20.4. The number of unbranched alkanes of at least 4 members (excludes halogenated alkanes) is 1. The van der Waals surface area contributed by atoms with Gasteiger partial charge in [-0.1, -0.05) is 55.3 Å². The number of halogens is 3. The largest absolute Gasteiger partial charge is 0.378 e. The van der Waals surface area contributed by atoms with Crippen molar-refractivity contribution in [3.05, 3.63) is 58.9 Å². The summed E-state index contributed by atoms with van der Waals surface area (Å²) in [6, 6.07) is 10.6. The quantitative estimate of drug-likeness (QED) is 0.358. The number of ether oxygens (including phenoxy) is 2. The summed E-state index contributed by atoms with van der Waals surface area (Å²) in [5, 5.41) is 0. The van der Waals surface area contributed by atoms with E-state index in [1.54, 1.807) is 24.3 Å². The molecule has 0 amide bonds. The van der Waals surface area contributed by atoms with Gasteiger partial charge in [0.25, 0.3) is 6.43 Å². The predicted molar refractivity (Wildman–Crippen MR) is 130 cm³/mol. The van der Waals surface area contributed by atoms with Gasteiger partial charge in [-0.25, -0.2) is 13.2 Å². The topological polar surface area (TPSA) is 18.5 Å². The minimum Gasteiger partial charge on any atom is -0.378 e. The summed E-state index contributed by atoms with van der Waals surface area (Å²) < 4.78 is 55.6. The van der Waals surface area contributed by atoms with Gasteiger partial charge in [-0.2, -0.15) is 0 Å².